The summed E-state index contributed by atoms with van der Waals surface area (Å²) in [6.45, 7) is 5.80. The number of nitrogens with one attached hydrogen (secondary N) is 1. The van der Waals surface area contributed by atoms with Crippen molar-refractivity contribution in [1.29, 1.82) is 0 Å². The van der Waals surface area contributed by atoms with Crippen molar-refractivity contribution in [3.63, 3.8) is 0 Å². The number of nitrogens with two attached hydrogens (primary N) is 1. The van der Waals surface area contributed by atoms with Crippen LogP contribution in [0.5, 0.6) is 5.75 Å². The third-order valence-corrected chi connectivity index (χ3v) is 2.84. The lowest BCUT2D eigenvalue weighted by molar-refractivity contribution is 0.305. The number of hydrogen-bond acceptors (Lipinski definition) is 4. The predicted octanol–water partition coefficient (Wildman–Crippen LogP) is 1.94. The summed E-state index contributed by atoms with van der Waals surface area (Å²) in [5.74, 6) is 0.876. The van der Waals surface area contributed by atoms with Gasteiger partial charge in [0.25, 0.3) is 0 Å². The van der Waals surface area contributed by atoms with Crippen molar-refractivity contribution in [2.45, 2.75) is 32.7 Å². The second-order valence-corrected chi connectivity index (χ2v) is 4.50. The molecule has 0 saturated carbocycles. The van der Waals surface area contributed by atoms with Gasteiger partial charge in [-0.25, -0.2) is 0 Å². The Balaban J connectivity index is 2.30. The van der Waals surface area contributed by atoms with Gasteiger partial charge in [0.15, 0.2) is 5.84 Å². The van der Waals surface area contributed by atoms with E-state index in [1.165, 1.54) is 12.8 Å². The molecule has 5 nitrogen and oxygen atoms in total. The van der Waals surface area contributed by atoms with Crippen LogP contribution in [0.3, 0.4) is 0 Å². The lowest BCUT2D eigenvalue weighted by atomic mass is 10.2. The van der Waals surface area contributed by atoms with E-state index < -0.39 is 0 Å². The Morgan fingerprint density at radius 1 is 1.42 bits per heavy atom. The highest BCUT2D eigenvalue weighted by molar-refractivity contribution is 5.97. The highest BCUT2D eigenvalue weighted by Gasteiger charge is 2.01. The largest absolute Gasteiger partial charge is 0.492 e. The van der Waals surface area contributed by atoms with Gasteiger partial charge >= 0.3 is 0 Å². The molecule has 0 spiro atoms. The molecular formula is C14H23N3O2. The second kappa shape index (κ2) is 8.37. The average molecular weight is 265 g/mol. The Kier molecular flexibility index (Phi) is 6.74. The quantitative estimate of drug-likeness (QED) is 0.221. The highest BCUT2D eigenvalue weighted by atomic mass is 16.5. The fourth-order valence-corrected chi connectivity index (χ4v) is 1.79. The number of amidine groups is 1. The van der Waals surface area contributed by atoms with Crippen molar-refractivity contribution < 1.29 is 9.94 Å². The van der Waals surface area contributed by atoms with Gasteiger partial charge in [0.1, 0.15) is 12.4 Å². The molecule has 0 aliphatic carbocycles. The highest BCUT2D eigenvalue weighted by Crippen LogP contribution is 2.11. The van der Waals surface area contributed by atoms with E-state index in [9.17, 15) is 0 Å². The average Bonchev–Trinajstić information content (AvgIpc) is 2.44. The van der Waals surface area contributed by atoms with Crippen LogP contribution in [0, 0.1) is 0 Å². The molecule has 1 rings (SSSR count). The zero-order chi connectivity index (χ0) is 14.1. The van der Waals surface area contributed by atoms with Crippen molar-refractivity contribution in [1.82, 2.24) is 5.32 Å². The van der Waals surface area contributed by atoms with Crippen LogP contribution in [-0.4, -0.2) is 30.2 Å². The van der Waals surface area contributed by atoms with E-state index in [0.717, 1.165) is 12.3 Å². The van der Waals surface area contributed by atoms with E-state index >= 15 is 0 Å². The molecule has 0 saturated heterocycles. The zero-order valence-electron chi connectivity index (χ0n) is 11.6. The Hall–Kier alpha value is -1.75. The van der Waals surface area contributed by atoms with Gasteiger partial charge in [0.2, 0.25) is 0 Å². The van der Waals surface area contributed by atoms with Crippen LogP contribution in [0.25, 0.3) is 0 Å². The van der Waals surface area contributed by atoms with Crippen molar-refractivity contribution in [3.05, 3.63) is 29.8 Å². The molecule has 0 heterocycles. The predicted molar refractivity (Wildman–Crippen MR) is 76.8 cm³/mol. The molecule has 0 aliphatic heterocycles. The SMILES string of the molecule is CCCC(C)NCCOc1ccc(C(N)=NO)cc1. The summed E-state index contributed by atoms with van der Waals surface area (Å²) in [6.07, 6.45) is 2.36. The van der Waals surface area contributed by atoms with E-state index in [1.807, 2.05) is 12.1 Å². The topological polar surface area (TPSA) is 79.9 Å². The lowest BCUT2D eigenvalue weighted by Crippen LogP contribution is -2.29. The number of benzene rings is 1. The third-order valence-electron chi connectivity index (χ3n) is 2.84. The number of rotatable bonds is 8. The molecule has 1 unspecified atom stereocenters. The maximum atomic E-state index is 8.55. The van der Waals surface area contributed by atoms with Crippen molar-refractivity contribution in [2.75, 3.05) is 13.2 Å². The smallest absolute Gasteiger partial charge is 0.170 e. The van der Waals surface area contributed by atoms with Crippen molar-refractivity contribution in [2.24, 2.45) is 10.9 Å². The van der Waals surface area contributed by atoms with E-state index in [-0.39, 0.29) is 5.84 Å². The maximum absolute atomic E-state index is 8.55. The van der Waals surface area contributed by atoms with E-state index in [1.54, 1.807) is 12.1 Å². The molecule has 0 amide bonds. The summed E-state index contributed by atoms with van der Waals surface area (Å²) >= 11 is 0. The molecule has 5 heteroatoms. The Labute approximate surface area is 114 Å². The van der Waals surface area contributed by atoms with Gasteiger partial charge < -0.3 is 21.0 Å². The van der Waals surface area contributed by atoms with Crippen LogP contribution in [0.1, 0.15) is 32.3 Å². The molecule has 0 radical (unpaired) electrons. The Morgan fingerprint density at radius 3 is 2.68 bits per heavy atom. The molecule has 1 aromatic carbocycles. The van der Waals surface area contributed by atoms with E-state index in [0.29, 0.717) is 18.2 Å². The molecule has 0 bridgehead atoms. The fraction of sp³-hybridized carbons (Fsp3) is 0.500. The van der Waals surface area contributed by atoms with Crippen LogP contribution < -0.4 is 15.8 Å². The molecule has 0 fully saturated rings. The first-order valence-corrected chi connectivity index (χ1v) is 6.61. The van der Waals surface area contributed by atoms with E-state index in [2.05, 4.69) is 24.3 Å². The monoisotopic (exact) mass is 265 g/mol. The molecule has 0 aliphatic rings. The minimum absolute atomic E-state index is 0.0987. The summed E-state index contributed by atoms with van der Waals surface area (Å²) in [4.78, 5) is 0. The van der Waals surface area contributed by atoms with Crippen LogP contribution in [0.2, 0.25) is 0 Å². The minimum atomic E-state index is 0.0987. The van der Waals surface area contributed by atoms with Gasteiger partial charge in [0, 0.05) is 18.2 Å². The molecule has 0 aromatic heterocycles. The van der Waals surface area contributed by atoms with Gasteiger partial charge in [-0.05, 0) is 37.6 Å². The fourth-order valence-electron chi connectivity index (χ4n) is 1.79. The Morgan fingerprint density at radius 2 is 2.11 bits per heavy atom. The molecule has 1 aromatic rings. The first kappa shape index (κ1) is 15.3. The van der Waals surface area contributed by atoms with Crippen molar-refractivity contribution >= 4 is 5.84 Å². The summed E-state index contributed by atoms with van der Waals surface area (Å²) in [5.41, 5.74) is 6.15. The van der Waals surface area contributed by atoms with Gasteiger partial charge in [-0.2, -0.15) is 0 Å². The zero-order valence-corrected chi connectivity index (χ0v) is 11.6. The molecule has 4 N–H and O–H groups in total. The summed E-state index contributed by atoms with van der Waals surface area (Å²) in [7, 11) is 0. The standard InChI is InChI=1S/C14H23N3O2/c1-3-4-11(2)16-9-10-19-13-7-5-12(6-8-13)14(15)17-18/h5-8,11,16,18H,3-4,9-10H2,1-2H3,(H2,15,17). The normalized spacial score (nSPS) is 13.3. The Bertz CT molecular complexity index is 390. The van der Waals surface area contributed by atoms with Gasteiger partial charge in [-0.3, -0.25) is 0 Å². The van der Waals surface area contributed by atoms with Crippen LogP contribution >= 0.6 is 0 Å². The number of hydrogen-bond donors (Lipinski definition) is 3. The summed E-state index contributed by atoms with van der Waals surface area (Å²) in [6, 6.07) is 7.66. The molecule has 106 valence electrons. The number of nitrogens with zero attached hydrogens (tertiary/aromatic N) is 1. The van der Waals surface area contributed by atoms with Gasteiger partial charge in [0.05, 0.1) is 0 Å². The third kappa shape index (κ3) is 5.61. The number of oxime groups is 1. The first-order chi connectivity index (χ1) is 9.17. The first-order valence-electron chi connectivity index (χ1n) is 6.61. The van der Waals surface area contributed by atoms with E-state index in [4.69, 9.17) is 15.7 Å². The van der Waals surface area contributed by atoms with Crippen LogP contribution in [-0.2, 0) is 0 Å². The van der Waals surface area contributed by atoms with Crippen molar-refractivity contribution in [3.8, 4) is 5.75 Å². The maximum Gasteiger partial charge on any atom is 0.170 e. The van der Waals surface area contributed by atoms with Gasteiger partial charge in [-0.15, -0.1) is 0 Å². The lowest BCUT2D eigenvalue weighted by Gasteiger charge is -2.13. The molecule has 19 heavy (non-hydrogen) atoms. The minimum Gasteiger partial charge on any atom is -0.492 e. The summed E-state index contributed by atoms with van der Waals surface area (Å²) < 4.78 is 5.60. The van der Waals surface area contributed by atoms with Crippen LogP contribution in [0.4, 0.5) is 0 Å². The van der Waals surface area contributed by atoms with Crippen LogP contribution in [0.15, 0.2) is 29.4 Å². The number of ether oxygens (including phenoxy) is 1. The summed E-state index contributed by atoms with van der Waals surface area (Å²) in [5, 5.41) is 14.9. The second-order valence-electron chi connectivity index (χ2n) is 4.50. The molecular weight excluding hydrogens is 242 g/mol. The van der Waals surface area contributed by atoms with Gasteiger partial charge in [-0.1, -0.05) is 18.5 Å². The molecule has 1 atom stereocenters.